The van der Waals surface area contributed by atoms with Gasteiger partial charge in [-0.05, 0) is 54.1 Å². The van der Waals surface area contributed by atoms with Crippen LogP contribution in [0.25, 0.3) is 10.9 Å². The van der Waals surface area contributed by atoms with Gasteiger partial charge in [-0.15, -0.1) is 0 Å². The summed E-state index contributed by atoms with van der Waals surface area (Å²) in [7, 11) is -1.54. The van der Waals surface area contributed by atoms with Crippen molar-refractivity contribution in [1.29, 1.82) is 4.78 Å². The van der Waals surface area contributed by atoms with E-state index in [1.165, 1.54) is 0 Å². The highest BCUT2D eigenvalue weighted by Crippen LogP contribution is 2.31. The molecule has 0 saturated heterocycles. The van der Waals surface area contributed by atoms with Crippen molar-refractivity contribution in [3.8, 4) is 17.2 Å². The van der Waals surface area contributed by atoms with Crippen LogP contribution in [0.2, 0.25) is 0 Å². The number of hydrogen-bond acceptors (Lipinski definition) is 6. The predicted octanol–water partition coefficient (Wildman–Crippen LogP) is 4.54. The first-order chi connectivity index (χ1) is 14.5. The monoisotopic (exact) mass is 420 g/mol. The normalized spacial score (nSPS) is 13.0. The second-order valence-electron chi connectivity index (χ2n) is 6.50. The van der Waals surface area contributed by atoms with E-state index in [1.54, 1.807) is 62.1 Å². The molecule has 30 heavy (non-hydrogen) atoms. The molecule has 2 aromatic carbocycles. The SMILES string of the molecule is COc1ccc2c(Oc3ccc(S(=N)(=O)NCc4cccnc4)cc3)ccnc2c1. The summed E-state index contributed by atoms with van der Waals surface area (Å²) in [5.74, 6) is 1.95. The van der Waals surface area contributed by atoms with E-state index in [-0.39, 0.29) is 0 Å². The molecule has 0 amide bonds. The quantitative estimate of drug-likeness (QED) is 0.457. The summed E-state index contributed by atoms with van der Waals surface area (Å²) in [5, 5.41) is 0.852. The lowest BCUT2D eigenvalue weighted by Crippen LogP contribution is -2.21. The average Bonchev–Trinajstić information content (AvgIpc) is 2.79. The minimum Gasteiger partial charge on any atom is -0.497 e. The highest BCUT2D eigenvalue weighted by Gasteiger charge is 2.11. The molecule has 1 unspecified atom stereocenters. The summed E-state index contributed by atoms with van der Waals surface area (Å²) in [6.45, 7) is 0.293. The minimum absolute atomic E-state index is 0.293. The molecule has 0 aliphatic carbocycles. The van der Waals surface area contributed by atoms with Crippen LogP contribution in [0.3, 0.4) is 0 Å². The highest BCUT2D eigenvalue weighted by atomic mass is 32.2. The first-order valence-corrected chi connectivity index (χ1v) is 10.7. The Bertz CT molecular complexity index is 1260. The van der Waals surface area contributed by atoms with E-state index >= 15 is 0 Å². The lowest BCUT2D eigenvalue weighted by molar-refractivity contribution is 0.415. The van der Waals surface area contributed by atoms with Crippen molar-refractivity contribution >= 4 is 20.8 Å². The van der Waals surface area contributed by atoms with E-state index in [0.717, 1.165) is 22.2 Å². The third kappa shape index (κ3) is 4.40. The first kappa shape index (κ1) is 19.8. The van der Waals surface area contributed by atoms with Crippen LogP contribution in [0, 0.1) is 4.78 Å². The van der Waals surface area contributed by atoms with Gasteiger partial charge in [0.1, 0.15) is 27.2 Å². The van der Waals surface area contributed by atoms with Crippen molar-refractivity contribution in [3.63, 3.8) is 0 Å². The van der Waals surface area contributed by atoms with Crippen molar-refractivity contribution in [2.24, 2.45) is 0 Å². The fourth-order valence-electron chi connectivity index (χ4n) is 2.91. The maximum Gasteiger partial charge on any atom is 0.138 e. The number of ether oxygens (including phenoxy) is 2. The molecule has 7 nitrogen and oxygen atoms in total. The molecule has 0 aliphatic rings. The van der Waals surface area contributed by atoms with Gasteiger partial charge in [-0.3, -0.25) is 9.97 Å². The highest BCUT2D eigenvalue weighted by molar-refractivity contribution is 7.90. The molecule has 1 atom stereocenters. The van der Waals surface area contributed by atoms with Gasteiger partial charge < -0.3 is 9.47 Å². The van der Waals surface area contributed by atoms with Gasteiger partial charge in [0, 0.05) is 36.6 Å². The fraction of sp³-hybridized carbons (Fsp3) is 0.0909. The number of methoxy groups -OCH3 is 1. The molecule has 4 aromatic rings. The molecule has 0 spiro atoms. The van der Waals surface area contributed by atoms with Gasteiger partial charge in [0.15, 0.2) is 0 Å². The van der Waals surface area contributed by atoms with Gasteiger partial charge in [-0.1, -0.05) is 6.07 Å². The summed E-state index contributed by atoms with van der Waals surface area (Å²) in [4.78, 5) is 8.75. The number of benzene rings is 2. The lowest BCUT2D eigenvalue weighted by Gasteiger charge is -2.12. The number of aromatic nitrogens is 2. The Kier molecular flexibility index (Phi) is 5.60. The maximum absolute atomic E-state index is 12.7. The topological polar surface area (TPSA) is 97.2 Å². The summed E-state index contributed by atoms with van der Waals surface area (Å²) in [6, 6.07) is 17.7. The van der Waals surface area contributed by atoms with Crippen LogP contribution < -0.4 is 14.2 Å². The van der Waals surface area contributed by atoms with Gasteiger partial charge in [0.2, 0.25) is 0 Å². The van der Waals surface area contributed by atoms with Gasteiger partial charge in [-0.2, -0.15) is 0 Å². The minimum atomic E-state index is -3.15. The lowest BCUT2D eigenvalue weighted by atomic mass is 10.2. The van der Waals surface area contributed by atoms with Crippen LogP contribution >= 0.6 is 0 Å². The molecule has 2 heterocycles. The van der Waals surface area contributed by atoms with Crippen molar-refractivity contribution in [1.82, 2.24) is 14.7 Å². The van der Waals surface area contributed by atoms with Crippen LogP contribution in [0.15, 0.2) is 84.1 Å². The molecule has 4 rings (SSSR count). The Morgan fingerprint density at radius 3 is 2.57 bits per heavy atom. The van der Waals surface area contributed by atoms with Crippen LogP contribution in [-0.2, 0) is 16.5 Å². The summed E-state index contributed by atoms with van der Waals surface area (Å²) < 4.78 is 35.0. The van der Waals surface area contributed by atoms with Crippen LogP contribution in [-0.4, -0.2) is 21.3 Å². The zero-order valence-electron chi connectivity index (χ0n) is 16.2. The van der Waals surface area contributed by atoms with E-state index in [0.29, 0.717) is 22.9 Å². The Balaban J connectivity index is 1.50. The Morgan fingerprint density at radius 1 is 1.03 bits per heavy atom. The number of fused-ring (bicyclic) bond motifs is 1. The van der Waals surface area contributed by atoms with E-state index in [4.69, 9.17) is 14.3 Å². The standard InChI is InChI=1S/C22H20N4O3S/c1-28-18-6-9-20-21(13-18)25-12-10-22(20)29-17-4-7-19(8-5-17)30(23,27)26-15-16-3-2-11-24-14-16/h2-14H,15H2,1H3,(H2,23,26,27). The maximum atomic E-state index is 12.7. The van der Waals surface area contributed by atoms with Crippen LogP contribution in [0.5, 0.6) is 17.2 Å². The molecule has 0 saturated carbocycles. The van der Waals surface area contributed by atoms with E-state index in [1.807, 2.05) is 24.3 Å². The summed E-state index contributed by atoms with van der Waals surface area (Å²) in [6.07, 6.45) is 5.02. The van der Waals surface area contributed by atoms with Gasteiger partial charge in [-0.25, -0.2) is 13.7 Å². The first-order valence-electron chi connectivity index (χ1n) is 9.18. The van der Waals surface area contributed by atoms with E-state index in [9.17, 15) is 4.21 Å². The molecular weight excluding hydrogens is 400 g/mol. The van der Waals surface area contributed by atoms with Crippen LogP contribution in [0.4, 0.5) is 0 Å². The van der Waals surface area contributed by atoms with Crippen molar-refractivity contribution in [3.05, 3.63) is 84.8 Å². The van der Waals surface area contributed by atoms with Crippen molar-refractivity contribution < 1.29 is 13.7 Å². The summed E-state index contributed by atoms with van der Waals surface area (Å²) in [5.41, 5.74) is 1.62. The molecule has 152 valence electrons. The number of hydrogen-bond donors (Lipinski definition) is 2. The molecule has 0 bridgehead atoms. The van der Waals surface area contributed by atoms with Gasteiger partial charge in [0.25, 0.3) is 0 Å². The predicted molar refractivity (Wildman–Crippen MR) is 115 cm³/mol. The second kappa shape index (κ2) is 8.48. The number of rotatable bonds is 7. The molecule has 0 aliphatic heterocycles. The fourth-order valence-corrected chi connectivity index (χ4v) is 3.97. The third-order valence-electron chi connectivity index (χ3n) is 4.50. The Morgan fingerprint density at radius 2 is 1.83 bits per heavy atom. The molecule has 2 N–H and O–H groups in total. The zero-order valence-corrected chi connectivity index (χ0v) is 17.1. The molecular formula is C22H20N4O3S. The summed E-state index contributed by atoms with van der Waals surface area (Å²) >= 11 is 0. The number of pyridine rings is 2. The third-order valence-corrected chi connectivity index (χ3v) is 5.98. The average molecular weight is 420 g/mol. The second-order valence-corrected chi connectivity index (χ2v) is 8.38. The van der Waals surface area contributed by atoms with Gasteiger partial charge >= 0.3 is 0 Å². The van der Waals surface area contributed by atoms with Crippen LogP contribution in [0.1, 0.15) is 5.56 Å². The smallest absolute Gasteiger partial charge is 0.138 e. The zero-order chi connectivity index (χ0) is 21.0. The molecule has 2 aromatic heterocycles. The largest absolute Gasteiger partial charge is 0.497 e. The molecule has 8 heteroatoms. The molecule has 0 radical (unpaired) electrons. The number of nitrogens with one attached hydrogen (secondary N) is 2. The van der Waals surface area contributed by atoms with Crippen molar-refractivity contribution in [2.75, 3.05) is 7.11 Å². The van der Waals surface area contributed by atoms with Gasteiger partial charge in [0.05, 0.1) is 17.5 Å². The number of nitrogens with zero attached hydrogens (tertiary/aromatic N) is 2. The van der Waals surface area contributed by atoms with E-state index in [2.05, 4.69) is 14.7 Å². The van der Waals surface area contributed by atoms with E-state index < -0.39 is 9.92 Å². The Labute approximate surface area is 174 Å². The Hall–Kier alpha value is -3.49. The van der Waals surface area contributed by atoms with Crippen molar-refractivity contribution in [2.45, 2.75) is 11.4 Å². The molecule has 0 fully saturated rings.